The molecular weight excluding hydrogens is 192 g/mol. The van der Waals surface area contributed by atoms with Crippen LogP contribution in [0.1, 0.15) is 38.8 Å². The Balaban J connectivity index is 3.36. The second-order valence-corrected chi connectivity index (χ2v) is 3.53. The van der Waals surface area contributed by atoms with Gasteiger partial charge in [0.1, 0.15) is 0 Å². The fourth-order valence-electron chi connectivity index (χ4n) is 1.56. The van der Waals surface area contributed by atoms with Crippen molar-refractivity contribution < 1.29 is 14.3 Å². The fraction of sp³-hybridized carbons (Fsp3) is 0.333. The Bertz CT molecular complexity index is 419. The first-order valence-corrected chi connectivity index (χ1v) is 4.68. The lowest BCUT2D eigenvalue weighted by molar-refractivity contribution is 0.0600. The maximum Gasteiger partial charge on any atom is 0.338 e. The summed E-state index contributed by atoms with van der Waals surface area (Å²) in [5.41, 5.74) is 2.73. The number of aryl methyl sites for hydroxylation is 2. The van der Waals surface area contributed by atoms with Crippen LogP contribution in [0.4, 0.5) is 0 Å². The molecule has 15 heavy (non-hydrogen) atoms. The number of benzene rings is 1. The summed E-state index contributed by atoms with van der Waals surface area (Å²) in [7, 11) is 1.33. The number of hydrogen-bond acceptors (Lipinski definition) is 3. The minimum Gasteiger partial charge on any atom is -0.465 e. The van der Waals surface area contributed by atoms with Crippen LogP contribution in [0, 0.1) is 13.8 Å². The average Bonchev–Trinajstić information content (AvgIpc) is 2.16. The Hall–Kier alpha value is -1.64. The number of esters is 1. The number of carbonyl (C=O) groups excluding carboxylic acids is 2. The molecule has 0 spiro atoms. The van der Waals surface area contributed by atoms with E-state index >= 15 is 0 Å². The van der Waals surface area contributed by atoms with Crippen LogP contribution >= 0.6 is 0 Å². The summed E-state index contributed by atoms with van der Waals surface area (Å²) in [5, 5.41) is 0. The molecule has 0 fully saturated rings. The van der Waals surface area contributed by atoms with Crippen molar-refractivity contribution in [1.29, 1.82) is 0 Å². The van der Waals surface area contributed by atoms with Gasteiger partial charge in [-0.05, 0) is 38.0 Å². The summed E-state index contributed by atoms with van der Waals surface area (Å²) in [6.45, 7) is 5.16. The highest BCUT2D eigenvalue weighted by Gasteiger charge is 2.13. The molecule has 0 saturated heterocycles. The molecule has 0 radical (unpaired) electrons. The van der Waals surface area contributed by atoms with Crippen molar-refractivity contribution >= 4 is 11.8 Å². The molecule has 0 saturated carbocycles. The van der Waals surface area contributed by atoms with E-state index in [4.69, 9.17) is 0 Å². The molecular formula is C12H14O3. The predicted molar refractivity (Wildman–Crippen MR) is 57.3 cm³/mol. The maximum atomic E-state index is 11.4. The largest absolute Gasteiger partial charge is 0.465 e. The minimum absolute atomic E-state index is 0.0438. The predicted octanol–water partition coefficient (Wildman–Crippen LogP) is 2.29. The molecule has 0 bridgehead atoms. The van der Waals surface area contributed by atoms with Crippen LogP contribution in [-0.4, -0.2) is 18.9 Å². The van der Waals surface area contributed by atoms with Gasteiger partial charge in [-0.15, -0.1) is 0 Å². The highest BCUT2D eigenvalue weighted by molar-refractivity contribution is 5.99. The molecule has 0 aliphatic carbocycles. The number of Topliss-reactive ketones (excluding diaryl/α,β-unsaturated/α-hetero) is 1. The van der Waals surface area contributed by atoms with Gasteiger partial charge in [0, 0.05) is 5.56 Å². The zero-order valence-electron chi connectivity index (χ0n) is 9.38. The summed E-state index contributed by atoms with van der Waals surface area (Å²) in [4.78, 5) is 22.7. The minimum atomic E-state index is -0.407. The van der Waals surface area contributed by atoms with Gasteiger partial charge in [0.2, 0.25) is 0 Å². The van der Waals surface area contributed by atoms with Crippen molar-refractivity contribution in [2.75, 3.05) is 7.11 Å². The molecule has 1 aromatic rings. The van der Waals surface area contributed by atoms with Crippen LogP contribution in [0.15, 0.2) is 12.1 Å². The van der Waals surface area contributed by atoms with Gasteiger partial charge in [-0.3, -0.25) is 4.79 Å². The normalized spacial score (nSPS) is 9.87. The van der Waals surface area contributed by atoms with Crippen LogP contribution in [0.3, 0.4) is 0 Å². The third-order valence-electron chi connectivity index (χ3n) is 2.36. The van der Waals surface area contributed by atoms with Crippen molar-refractivity contribution in [1.82, 2.24) is 0 Å². The summed E-state index contributed by atoms with van der Waals surface area (Å²) >= 11 is 0. The molecule has 0 aromatic heterocycles. The smallest absolute Gasteiger partial charge is 0.338 e. The van der Waals surface area contributed by atoms with E-state index in [9.17, 15) is 9.59 Å². The monoisotopic (exact) mass is 206 g/mol. The van der Waals surface area contributed by atoms with E-state index in [1.165, 1.54) is 14.0 Å². The number of ether oxygens (including phenoxy) is 1. The van der Waals surface area contributed by atoms with Gasteiger partial charge >= 0.3 is 5.97 Å². The lowest BCUT2D eigenvalue weighted by Gasteiger charge is -2.08. The van der Waals surface area contributed by atoms with Gasteiger partial charge < -0.3 is 4.74 Å². The third kappa shape index (κ3) is 2.24. The highest BCUT2D eigenvalue weighted by atomic mass is 16.5. The molecule has 0 N–H and O–H groups in total. The number of rotatable bonds is 2. The number of methoxy groups -OCH3 is 1. The Labute approximate surface area is 89.1 Å². The van der Waals surface area contributed by atoms with E-state index in [1.54, 1.807) is 6.07 Å². The standard InChI is InChI=1S/C12H14O3/c1-7-5-8(2)11(12(14)15-4)6-10(7)9(3)13/h5-6H,1-4H3. The molecule has 0 unspecified atom stereocenters. The van der Waals surface area contributed by atoms with Crippen LogP contribution < -0.4 is 0 Å². The molecule has 80 valence electrons. The molecule has 0 amide bonds. The zero-order chi connectivity index (χ0) is 11.6. The molecule has 1 aromatic carbocycles. The quantitative estimate of drug-likeness (QED) is 0.550. The SMILES string of the molecule is COC(=O)c1cc(C(C)=O)c(C)cc1C. The lowest BCUT2D eigenvalue weighted by atomic mass is 9.98. The van der Waals surface area contributed by atoms with Crippen molar-refractivity contribution in [2.24, 2.45) is 0 Å². The van der Waals surface area contributed by atoms with Crippen molar-refractivity contribution in [3.63, 3.8) is 0 Å². The topological polar surface area (TPSA) is 43.4 Å². The van der Waals surface area contributed by atoms with E-state index in [0.29, 0.717) is 11.1 Å². The molecule has 0 aliphatic rings. The maximum absolute atomic E-state index is 11.4. The van der Waals surface area contributed by atoms with Gasteiger partial charge in [-0.25, -0.2) is 4.79 Å². The van der Waals surface area contributed by atoms with Gasteiger partial charge in [0.05, 0.1) is 12.7 Å². The highest BCUT2D eigenvalue weighted by Crippen LogP contribution is 2.17. The number of ketones is 1. The van der Waals surface area contributed by atoms with Gasteiger partial charge in [-0.1, -0.05) is 6.07 Å². The molecule has 0 heterocycles. The molecule has 0 atom stereocenters. The van der Waals surface area contributed by atoms with E-state index in [0.717, 1.165) is 11.1 Å². The van der Waals surface area contributed by atoms with Crippen LogP contribution in [0.5, 0.6) is 0 Å². The lowest BCUT2D eigenvalue weighted by Crippen LogP contribution is -2.07. The van der Waals surface area contributed by atoms with Gasteiger partial charge in [-0.2, -0.15) is 0 Å². The van der Waals surface area contributed by atoms with Crippen molar-refractivity contribution in [2.45, 2.75) is 20.8 Å². The van der Waals surface area contributed by atoms with E-state index < -0.39 is 5.97 Å². The first-order valence-electron chi connectivity index (χ1n) is 4.68. The van der Waals surface area contributed by atoms with E-state index in [2.05, 4.69) is 4.74 Å². The first-order chi connectivity index (χ1) is 6.97. The van der Waals surface area contributed by atoms with Gasteiger partial charge in [0.25, 0.3) is 0 Å². The number of hydrogen-bond donors (Lipinski definition) is 0. The Morgan fingerprint density at radius 2 is 1.60 bits per heavy atom. The molecule has 1 rings (SSSR count). The summed E-state index contributed by atoms with van der Waals surface area (Å²) in [6.07, 6.45) is 0. The van der Waals surface area contributed by atoms with Gasteiger partial charge in [0.15, 0.2) is 5.78 Å². The third-order valence-corrected chi connectivity index (χ3v) is 2.36. The zero-order valence-corrected chi connectivity index (χ0v) is 9.38. The second-order valence-electron chi connectivity index (χ2n) is 3.53. The fourth-order valence-corrected chi connectivity index (χ4v) is 1.56. The van der Waals surface area contributed by atoms with Crippen molar-refractivity contribution in [3.05, 3.63) is 34.4 Å². The molecule has 3 nitrogen and oxygen atoms in total. The Morgan fingerprint density at radius 1 is 1.07 bits per heavy atom. The molecule has 0 aliphatic heterocycles. The second kappa shape index (κ2) is 4.26. The Kier molecular flexibility index (Phi) is 3.24. The summed E-state index contributed by atoms with van der Waals surface area (Å²) in [6, 6.07) is 3.42. The van der Waals surface area contributed by atoms with Crippen LogP contribution in [0.2, 0.25) is 0 Å². The van der Waals surface area contributed by atoms with Crippen LogP contribution in [0.25, 0.3) is 0 Å². The Morgan fingerprint density at radius 3 is 2.07 bits per heavy atom. The van der Waals surface area contributed by atoms with Crippen molar-refractivity contribution in [3.8, 4) is 0 Å². The summed E-state index contributed by atoms with van der Waals surface area (Å²) in [5.74, 6) is -0.451. The molecule has 3 heteroatoms. The average molecular weight is 206 g/mol. The van der Waals surface area contributed by atoms with E-state index in [1.807, 2.05) is 19.9 Å². The van der Waals surface area contributed by atoms with Crippen LogP contribution in [-0.2, 0) is 4.74 Å². The number of carbonyl (C=O) groups is 2. The summed E-state index contributed by atoms with van der Waals surface area (Å²) < 4.78 is 4.64. The van der Waals surface area contributed by atoms with E-state index in [-0.39, 0.29) is 5.78 Å². The first kappa shape index (κ1) is 11.4.